The molecule has 7 nitrogen and oxygen atoms in total. The summed E-state index contributed by atoms with van der Waals surface area (Å²) in [6, 6.07) is 24.3. The van der Waals surface area contributed by atoms with Gasteiger partial charge in [-0.3, -0.25) is 10.1 Å². The Balaban J connectivity index is 1.53. The Labute approximate surface area is 197 Å². The highest BCUT2D eigenvalue weighted by Gasteiger charge is 2.20. The van der Waals surface area contributed by atoms with Gasteiger partial charge >= 0.3 is 12.1 Å². The minimum atomic E-state index is -0.884. The minimum absolute atomic E-state index is 0.0587. The van der Waals surface area contributed by atoms with E-state index in [1.54, 1.807) is 19.9 Å². The van der Waals surface area contributed by atoms with Crippen molar-refractivity contribution < 1.29 is 24.0 Å². The van der Waals surface area contributed by atoms with Crippen LogP contribution in [0.25, 0.3) is 22.5 Å². The molecular formula is C27H24N2O5. The van der Waals surface area contributed by atoms with Crippen molar-refractivity contribution in [2.75, 3.05) is 5.32 Å². The maximum atomic E-state index is 12.5. The van der Waals surface area contributed by atoms with E-state index in [9.17, 15) is 14.7 Å². The number of aromatic nitrogens is 1. The van der Waals surface area contributed by atoms with E-state index in [4.69, 9.17) is 9.26 Å². The molecule has 4 aromatic rings. The number of nitrogens with zero attached hydrogens (tertiary/aromatic N) is 1. The predicted octanol–water partition coefficient (Wildman–Crippen LogP) is 6.25. The molecule has 0 spiro atoms. The zero-order chi connectivity index (χ0) is 24.1. The molecule has 172 valence electrons. The van der Waals surface area contributed by atoms with Crippen LogP contribution in [0.5, 0.6) is 0 Å². The molecule has 3 aromatic carbocycles. The summed E-state index contributed by atoms with van der Waals surface area (Å²) in [7, 11) is 0. The first-order valence-corrected chi connectivity index (χ1v) is 10.8. The Hall–Kier alpha value is -4.39. The first kappa shape index (κ1) is 22.8. The van der Waals surface area contributed by atoms with Gasteiger partial charge in [0.05, 0.1) is 6.42 Å². The molecule has 0 unspecified atom stereocenters. The van der Waals surface area contributed by atoms with E-state index in [-0.39, 0.29) is 6.42 Å². The van der Waals surface area contributed by atoms with Crippen molar-refractivity contribution in [3.05, 3.63) is 95.7 Å². The number of nitrogens with one attached hydrogen (secondary N) is 1. The fourth-order valence-electron chi connectivity index (χ4n) is 3.72. The summed E-state index contributed by atoms with van der Waals surface area (Å²) in [5.74, 6) is -0.474. The van der Waals surface area contributed by atoms with Crippen molar-refractivity contribution in [3.63, 3.8) is 0 Å². The number of aliphatic carboxylic acids is 1. The molecule has 34 heavy (non-hydrogen) atoms. The third-order valence-electron chi connectivity index (χ3n) is 5.46. The van der Waals surface area contributed by atoms with Crippen LogP contribution in [0.1, 0.15) is 29.8 Å². The summed E-state index contributed by atoms with van der Waals surface area (Å²) in [5, 5.41) is 15.9. The van der Waals surface area contributed by atoms with Gasteiger partial charge < -0.3 is 14.4 Å². The summed E-state index contributed by atoms with van der Waals surface area (Å²) in [6.45, 7) is 3.54. The Morgan fingerprint density at radius 2 is 1.62 bits per heavy atom. The number of benzene rings is 3. The van der Waals surface area contributed by atoms with Crippen LogP contribution in [-0.4, -0.2) is 22.3 Å². The largest absolute Gasteiger partial charge is 0.481 e. The van der Waals surface area contributed by atoms with Crippen LogP contribution in [0.15, 0.2) is 83.4 Å². The number of hydrogen-bond donors (Lipinski definition) is 2. The molecular weight excluding hydrogens is 432 g/mol. The van der Waals surface area contributed by atoms with Crippen molar-refractivity contribution in [1.29, 1.82) is 0 Å². The lowest BCUT2D eigenvalue weighted by Crippen LogP contribution is -2.16. The first-order chi connectivity index (χ1) is 16.4. The van der Waals surface area contributed by atoms with Crippen molar-refractivity contribution in [1.82, 2.24) is 5.16 Å². The molecule has 0 aliphatic rings. The molecule has 1 aromatic heterocycles. The van der Waals surface area contributed by atoms with Gasteiger partial charge in [0.1, 0.15) is 17.5 Å². The van der Waals surface area contributed by atoms with E-state index >= 15 is 0 Å². The zero-order valence-corrected chi connectivity index (χ0v) is 18.8. The molecule has 0 aliphatic heterocycles. The lowest BCUT2D eigenvalue weighted by molar-refractivity contribution is -0.136. The second kappa shape index (κ2) is 10.0. The number of hydrogen-bond acceptors (Lipinski definition) is 5. The topological polar surface area (TPSA) is 102 Å². The van der Waals surface area contributed by atoms with E-state index in [2.05, 4.69) is 10.5 Å². The number of carbonyl (C=O) groups excluding carboxylic acids is 1. The van der Waals surface area contributed by atoms with Crippen LogP contribution >= 0.6 is 0 Å². The summed E-state index contributed by atoms with van der Waals surface area (Å²) in [6.07, 6.45) is -1.09. The molecule has 1 amide bonds. The molecule has 4 rings (SSSR count). The summed E-state index contributed by atoms with van der Waals surface area (Å²) in [4.78, 5) is 23.7. The van der Waals surface area contributed by atoms with Gasteiger partial charge in [-0.1, -0.05) is 84.0 Å². The summed E-state index contributed by atoms with van der Waals surface area (Å²) >= 11 is 0. The van der Waals surface area contributed by atoms with Gasteiger partial charge in [-0.05, 0) is 36.1 Å². The van der Waals surface area contributed by atoms with Gasteiger partial charge in [-0.15, -0.1) is 0 Å². The van der Waals surface area contributed by atoms with Crippen LogP contribution in [0.3, 0.4) is 0 Å². The lowest BCUT2D eigenvalue weighted by Gasteiger charge is -2.14. The fourth-order valence-corrected chi connectivity index (χ4v) is 3.72. The zero-order valence-electron chi connectivity index (χ0n) is 18.8. The van der Waals surface area contributed by atoms with E-state index in [0.717, 1.165) is 22.3 Å². The summed E-state index contributed by atoms with van der Waals surface area (Å²) < 4.78 is 11.0. The van der Waals surface area contributed by atoms with Crippen LogP contribution in [0.4, 0.5) is 10.5 Å². The molecule has 1 heterocycles. The number of carboxylic acids is 1. The average molecular weight is 456 g/mol. The predicted molar refractivity (Wildman–Crippen MR) is 128 cm³/mol. The Bertz CT molecular complexity index is 1300. The Kier molecular flexibility index (Phi) is 6.73. The van der Waals surface area contributed by atoms with Gasteiger partial charge in [-0.2, -0.15) is 0 Å². The normalized spacial score (nSPS) is 11.6. The molecule has 0 radical (unpaired) electrons. The van der Waals surface area contributed by atoms with Crippen molar-refractivity contribution in [3.8, 4) is 22.5 Å². The Morgan fingerprint density at radius 3 is 2.32 bits per heavy atom. The molecule has 0 fully saturated rings. The van der Waals surface area contributed by atoms with Crippen LogP contribution in [0, 0.1) is 6.92 Å². The van der Waals surface area contributed by atoms with E-state index < -0.39 is 18.2 Å². The molecule has 0 aliphatic carbocycles. The smallest absolute Gasteiger partial charge is 0.412 e. The SMILES string of the molecule is Cc1noc(-c2ccc(-c3ccccc3CC(=O)O)cc2)c1NC(=O)O[C@H](C)c1ccccc1. The maximum Gasteiger partial charge on any atom is 0.412 e. The number of ether oxygens (including phenoxy) is 1. The van der Waals surface area contributed by atoms with Crippen LogP contribution in [-0.2, 0) is 16.0 Å². The number of amides is 1. The second-order valence-corrected chi connectivity index (χ2v) is 7.86. The highest BCUT2D eigenvalue weighted by molar-refractivity contribution is 5.91. The number of carboxylic acid groups (broad SMARTS) is 1. The molecule has 2 N–H and O–H groups in total. The molecule has 7 heteroatoms. The van der Waals surface area contributed by atoms with Crippen molar-refractivity contribution in [2.24, 2.45) is 0 Å². The van der Waals surface area contributed by atoms with Crippen LogP contribution < -0.4 is 5.32 Å². The van der Waals surface area contributed by atoms with Crippen molar-refractivity contribution in [2.45, 2.75) is 26.4 Å². The van der Waals surface area contributed by atoms with Gasteiger partial charge in [0.15, 0.2) is 5.76 Å². The third kappa shape index (κ3) is 5.15. The number of carbonyl (C=O) groups is 2. The van der Waals surface area contributed by atoms with Gasteiger partial charge in [0.25, 0.3) is 0 Å². The maximum absolute atomic E-state index is 12.5. The summed E-state index contributed by atoms with van der Waals surface area (Å²) in [5.41, 5.74) is 5.02. The van der Waals surface area contributed by atoms with Gasteiger partial charge in [0.2, 0.25) is 0 Å². The lowest BCUT2D eigenvalue weighted by atomic mass is 9.96. The Morgan fingerprint density at radius 1 is 0.971 bits per heavy atom. The monoisotopic (exact) mass is 456 g/mol. The third-order valence-corrected chi connectivity index (χ3v) is 5.46. The number of anilines is 1. The van der Waals surface area contributed by atoms with Gasteiger partial charge in [0, 0.05) is 5.56 Å². The highest BCUT2D eigenvalue weighted by atomic mass is 16.6. The van der Waals surface area contributed by atoms with E-state index in [1.165, 1.54) is 0 Å². The van der Waals surface area contributed by atoms with Crippen molar-refractivity contribution >= 4 is 17.7 Å². The second-order valence-electron chi connectivity index (χ2n) is 7.86. The minimum Gasteiger partial charge on any atom is -0.481 e. The molecule has 0 saturated heterocycles. The van der Waals surface area contributed by atoms with Crippen LogP contribution in [0.2, 0.25) is 0 Å². The standard InChI is InChI=1S/C27H24N2O5/c1-17-25(28-27(32)33-18(2)19-8-4-3-5-9-19)26(34-29-17)21-14-12-20(13-15-21)23-11-7-6-10-22(23)16-24(30)31/h3-15,18H,16H2,1-2H3,(H,28,32)(H,30,31)/t18-/m1/s1. The number of aryl methyl sites for hydroxylation is 1. The molecule has 0 bridgehead atoms. The molecule has 0 saturated carbocycles. The van der Waals surface area contributed by atoms with Gasteiger partial charge in [-0.25, -0.2) is 4.79 Å². The van der Waals surface area contributed by atoms with E-state index in [0.29, 0.717) is 22.7 Å². The molecule has 1 atom stereocenters. The first-order valence-electron chi connectivity index (χ1n) is 10.8. The quantitative estimate of drug-likeness (QED) is 0.341. The average Bonchev–Trinajstić information content (AvgIpc) is 3.19. The fraction of sp³-hybridized carbons (Fsp3) is 0.148. The number of rotatable bonds is 7. The van der Waals surface area contributed by atoms with E-state index in [1.807, 2.05) is 72.8 Å². The highest BCUT2D eigenvalue weighted by Crippen LogP contribution is 2.33.